The lowest BCUT2D eigenvalue weighted by Gasteiger charge is -2.39. The number of hydrogen-bond donors (Lipinski definition) is 1. The molecular formula is C17H21ClO4. The summed E-state index contributed by atoms with van der Waals surface area (Å²) in [6.07, 6.45) is 6.60. The molecule has 0 spiro atoms. The van der Waals surface area contributed by atoms with Crippen molar-refractivity contribution in [2.24, 2.45) is 0 Å². The smallest absolute Gasteiger partial charge is 0.314 e. The van der Waals surface area contributed by atoms with Crippen molar-refractivity contribution in [3.63, 3.8) is 0 Å². The fourth-order valence-corrected chi connectivity index (χ4v) is 3.71. The van der Waals surface area contributed by atoms with Crippen LogP contribution in [0.2, 0.25) is 5.02 Å². The van der Waals surface area contributed by atoms with Crippen LogP contribution in [0.1, 0.15) is 50.5 Å². The first kappa shape index (κ1) is 15.5. The quantitative estimate of drug-likeness (QED) is 0.883. The van der Waals surface area contributed by atoms with Crippen LogP contribution in [0.15, 0.2) is 12.1 Å². The Morgan fingerprint density at radius 3 is 2.45 bits per heavy atom. The van der Waals surface area contributed by atoms with Crippen LogP contribution in [-0.2, 0) is 10.2 Å². The van der Waals surface area contributed by atoms with Crippen molar-refractivity contribution in [2.45, 2.75) is 56.5 Å². The van der Waals surface area contributed by atoms with Crippen LogP contribution in [0, 0.1) is 0 Å². The highest BCUT2D eigenvalue weighted by atomic mass is 35.5. The minimum absolute atomic E-state index is 0.139. The van der Waals surface area contributed by atoms with E-state index in [2.05, 4.69) is 0 Å². The molecule has 0 amide bonds. The maximum absolute atomic E-state index is 11.9. The Labute approximate surface area is 135 Å². The molecule has 0 unspecified atom stereocenters. The number of rotatable bonds is 5. The summed E-state index contributed by atoms with van der Waals surface area (Å²) in [4.78, 5) is 11.9. The first-order chi connectivity index (χ1) is 10.6. The molecule has 2 saturated carbocycles. The molecule has 120 valence electrons. The standard InChI is InChI=1S/C17H21ClO4/c1-21-14-10-11(18)9-13(17(16(19)20)7-4-8-17)15(14)22-12-5-2-3-6-12/h9-10,12H,2-8H2,1H3,(H,19,20). The van der Waals surface area contributed by atoms with Gasteiger partial charge in [-0.3, -0.25) is 4.79 Å². The van der Waals surface area contributed by atoms with Gasteiger partial charge in [0.15, 0.2) is 11.5 Å². The van der Waals surface area contributed by atoms with Gasteiger partial charge in [-0.15, -0.1) is 0 Å². The third kappa shape index (κ3) is 2.54. The molecule has 0 atom stereocenters. The monoisotopic (exact) mass is 324 g/mol. The van der Waals surface area contributed by atoms with E-state index >= 15 is 0 Å². The molecule has 0 radical (unpaired) electrons. The summed E-state index contributed by atoms with van der Waals surface area (Å²) in [5.74, 6) is 0.294. The molecular weight excluding hydrogens is 304 g/mol. The van der Waals surface area contributed by atoms with Crippen molar-refractivity contribution in [3.05, 3.63) is 22.7 Å². The molecule has 0 bridgehead atoms. The van der Waals surface area contributed by atoms with Gasteiger partial charge in [0.05, 0.1) is 18.6 Å². The molecule has 5 heteroatoms. The Kier molecular flexibility index (Phi) is 4.22. The van der Waals surface area contributed by atoms with Gasteiger partial charge in [-0.25, -0.2) is 0 Å². The average Bonchev–Trinajstić information content (AvgIpc) is 2.92. The zero-order valence-corrected chi connectivity index (χ0v) is 13.5. The van der Waals surface area contributed by atoms with Crippen LogP contribution in [0.4, 0.5) is 0 Å². The fourth-order valence-electron chi connectivity index (χ4n) is 3.50. The molecule has 4 nitrogen and oxygen atoms in total. The van der Waals surface area contributed by atoms with Crippen molar-refractivity contribution < 1.29 is 19.4 Å². The molecule has 3 rings (SSSR count). The maximum atomic E-state index is 11.9. The summed E-state index contributed by atoms with van der Waals surface area (Å²) in [5.41, 5.74) is -0.214. The first-order valence-electron chi connectivity index (χ1n) is 7.85. The van der Waals surface area contributed by atoms with Gasteiger partial charge in [-0.1, -0.05) is 18.0 Å². The predicted octanol–water partition coefficient (Wildman–Crippen LogP) is 4.18. The molecule has 0 heterocycles. The van der Waals surface area contributed by atoms with Crippen molar-refractivity contribution in [1.82, 2.24) is 0 Å². The van der Waals surface area contributed by atoms with Crippen LogP contribution < -0.4 is 9.47 Å². The van der Waals surface area contributed by atoms with Crippen LogP contribution in [-0.4, -0.2) is 24.3 Å². The molecule has 0 aromatic heterocycles. The van der Waals surface area contributed by atoms with Crippen LogP contribution in [0.25, 0.3) is 0 Å². The lowest BCUT2D eigenvalue weighted by Crippen LogP contribution is -2.42. The Hall–Kier alpha value is -1.42. The SMILES string of the molecule is COc1cc(Cl)cc(C2(C(=O)O)CCC2)c1OC1CCCC1. The van der Waals surface area contributed by atoms with Crippen molar-refractivity contribution in [1.29, 1.82) is 0 Å². The van der Waals surface area contributed by atoms with Crippen LogP contribution in [0.5, 0.6) is 11.5 Å². The molecule has 22 heavy (non-hydrogen) atoms. The van der Waals surface area contributed by atoms with Gasteiger partial charge in [0.1, 0.15) is 0 Å². The van der Waals surface area contributed by atoms with E-state index in [9.17, 15) is 9.90 Å². The molecule has 0 saturated heterocycles. The highest BCUT2D eigenvalue weighted by Gasteiger charge is 2.48. The molecule has 2 fully saturated rings. The predicted molar refractivity (Wildman–Crippen MR) is 84.1 cm³/mol. The minimum atomic E-state index is -0.883. The topological polar surface area (TPSA) is 55.8 Å². The van der Waals surface area contributed by atoms with Crippen molar-refractivity contribution in [3.8, 4) is 11.5 Å². The Balaban J connectivity index is 2.06. The summed E-state index contributed by atoms with van der Waals surface area (Å²) in [7, 11) is 1.56. The van der Waals surface area contributed by atoms with Gasteiger partial charge in [0, 0.05) is 16.7 Å². The number of carboxylic acids is 1. The van der Waals surface area contributed by atoms with Gasteiger partial charge in [-0.05, 0) is 44.6 Å². The number of benzene rings is 1. The average molecular weight is 325 g/mol. The second-order valence-electron chi connectivity index (χ2n) is 6.25. The van der Waals surface area contributed by atoms with E-state index < -0.39 is 11.4 Å². The second-order valence-corrected chi connectivity index (χ2v) is 6.69. The summed E-state index contributed by atoms with van der Waals surface area (Å²) in [6, 6.07) is 3.44. The van der Waals surface area contributed by atoms with Gasteiger partial charge in [-0.2, -0.15) is 0 Å². The minimum Gasteiger partial charge on any atom is -0.493 e. The third-order valence-corrected chi connectivity index (χ3v) is 5.18. The van der Waals surface area contributed by atoms with E-state index in [0.717, 1.165) is 32.1 Å². The number of carboxylic acid groups (broad SMARTS) is 1. The van der Waals surface area contributed by atoms with Crippen LogP contribution >= 0.6 is 11.6 Å². The summed E-state index contributed by atoms with van der Waals surface area (Å²) < 4.78 is 11.6. The maximum Gasteiger partial charge on any atom is 0.314 e. The second kappa shape index (κ2) is 5.99. The van der Waals surface area contributed by atoms with E-state index in [1.165, 1.54) is 0 Å². The number of halogens is 1. The lowest BCUT2D eigenvalue weighted by atomic mass is 9.64. The Morgan fingerprint density at radius 1 is 1.27 bits per heavy atom. The van der Waals surface area contributed by atoms with Gasteiger partial charge in [0.25, 0.3) is 0 Å². The number of aliphatic carboxylic acids is 1. The zero-order valence-electron chi connectivity index (χ0n) is 12.7. The zero-order chi connectivity index (χ0) is 15.7. The highest BCUT2D eigenvalue weighted by Crippen LogP contribution is 2.51. The summed E-state index contributed by atoms with van der Waals surface area (Å²) >= 11 is 6.18. The Bertz CT molecular complexity index is 574. The summed E-state index contributed by atoms with van der Waals surface area (Å²) in [5, 5.41) is 10.2. The molecule has 2 aliphatic rings. The van der Waals surface area contributed by atoms with Gasteiger partial charge in [0.2, 0.25) is 0 Å². The van der Waals surface area contributed by atoms with Crippen LogP contribution in [0.3, 0.4) is 0 Å². The van der Waals surface area contributed by atoms with Gasteiger partial charge >= 0.3 is 5.97 Å². The fraction of sp³-hybridized carbons (Fsp3) is 0.588. The Morgan fingerprint density at radius 2 is 1.95 bits per heavy atom. The molecule has 0 aliphatic heterocycles. The third-order valence-electron chi connectivity index (χ3n) is 4.96. The normalized spacial score (nSPS) is 20.5. The lowest BCUT2D eigenvalue weighted by molar-refractivity contribution is -0.147. The van der Waals surface area contributed by atoms with E-state index in [4.69, 9.17) is 21.1 Å². The molecule has 1 aromatic rings. The largest absolute Gasteiger partial charge is 0.493 e. The van der Waals surface area contributed by atoms with E-state index in [1.807, 2.05) is 0 Å². The number of carbonyl (C=O) groups is 1. The van der Waals surface area contributed by atoms with Crippen molar-refractivity contribution >= 4 is 17.6 Å². The summed E-state index contributed by atoms with van der Waals surface area (Å²) in [6.45, 7) is 0. The molecule has 1 N–H and O–H groups in total. The first-order valence-corrected chi connectivity index (χ1v) is 8.23. The van der Waals surface area contributed by atoms with Gasteiger partial charge < -0.3 is 14.6 Å². The van der Waals surface area contributed by atoms with Crippen molar-refractivity contribution in [2.75, 3.05) is 7.11 Å². The molecule has 1 aromatic carbocycles. The highest BCUT2D eigenvalue weighted by molar-refractivity contribution is 6.31. The molecule has 2 aliphatic carbocycles. The number of methoxy groups -OCH3 is 1. The van der Waals surface area contributed by atoms with E-state index in [0.29, 0.717) is 34.9 Å². The number of ether oxygens (including phenoxy) is 2. The number of hydrogen-bond acceptors (Lipinski definition) is 3. The van der Waals surface area contributed by atoms with E-state index in [1.54, 1.807) is 19.2 Å². The van der Waals surface area contributed by atoms with E-state index in [-0.39, 0.29) is 6.10 Å².